The van der Waals surface area contributed by atoms with Crippen molar-refractivity contribution in [3.8, 4) is 0 Å². The number of sulfonamides is 1. The molecule has 2 heterocycles. The molecule has 9 heteroatoms. The number of furan rings is 1. The maximum absolute atomic E-state index is 12.7. The molecule has 5 rings (SSSR count). The zero-order valence-electron chi connectivity index (χ0n) is 18.1. The average molecular weight is 473 g/mol. The molecule has 2 aromatic heterocycles. The van der Waals surface area contributed by atoms with Crippen molar-refractivity contribution in [1.82, 2.24) is 9.97 Å². The van der Waals surface area contributed by atoms with Gasteiger partial charge in [0.1, 0.15) is 5.58 Å². The van der Waals surface area contributed by atoms with E-state index in [0.29, 0.717) is 11.4 Å². The molecule has 0 spiro atoms. The summed E-state index contributed by atoms with van der Waals surface area (Å²) in [6.07, 6.45) is 3.20. The molecule has 34 heavy (non-hydrogen) atoms. The van der Waals surface area contributed by atoms with Crippen LogP contribution in [0.2, 0.25) is 0 Å². The number of aryl methyl sites for hydroxylation is 1. The summed E-state index contributed by atoms with van der Waals surface area (Å²) in [6, 6.07) is 19.4. The van der Waals surface area contributed by atoms with Crippen LogP contribution in [0.5, 0.6) is 0 Å². The molecule has 0 atom stereocenters. The number of hydrogen-bond acceptors (Lipinski definition) is 6. The van der Waals surface area contributed by atoms with Gasteiger partial charge in [-0.2, -0.15) is 0 Å². The standard InChI is InChI=1S/C25H20N4O4S/c1-16-12-13-26-25(27-16)29-34(31,32)20-9-7-19(8-10-20)28-23(30)14-18-15-33-22-11-6-17-4-2-3-5-21(17)24(18)22/h2-13,15H,14H2,1H3,(H,28,30)(H,26,27,29). The third kappa shape index (κ3) is 4.33. The quantitative estimate of drug-likeness (QED) is 0.371. The predicted octanol–water partition coefficient (Wildman–Crippen LogP) is 4.67. The first kappa shape index (κ1) is 21.6. The number of anilines is 2. The van der Waals surface area contributed by atoms with Crippen LogP contribution in [-0.2, 0) is 21.2 Å². The molecule has 0 aliphatic carbocycles. The number of hydrogen-bond donors (Lipinski definition) is 2. The molecular formula is C25H20N4O4S. The Labute approximate surface area is 195 Å². The molecule has 0 bridgehead atoms. The summed E-state index contributed by atoms with van der Waals surface area (Å²) in [4.78, 5) is 20.7. The Morgan fingerprint density at radius 1 is 1.00 bits per heavy atom. The van der Waals surface area contributed by atoms with Crippen molar-refractivity contribution in [2.45, 2.75) is 18.2 Å². The Kier molecular flexibility index (Phi) is 5.46. The Bertz CT molecular complexity index is 1630. The second kappa shape index (κ2) is 8.60. The van der Waals surface area contributed by atoms with Gasteiger partial charge in [0.05, 0.1) is 17.6 Å². The number of rotatable bonds is 6. The molecule has 0 unspecified atom stereocenters. The molecule has 0 aliphatic rings. The zero-order chi connectivity index (χ0) is 23.7. The molecule has 3 aromatic carbocycles. The average Bonchev–Trinajstić information content (AvgIpc) is 3.22. The van der Waals surface area contributed by atoms with Crippen molar-refractivity contribution in [3.63, 3.8) is 0 Å². The summed E-state index contributed by atoms with van der Waals surface area (Å²) in [6.45, 7) is 1.74. The lowest BCUT2D eigenvalue weighted by atomic mass is 10.0. The number of aromatic nitrogens is 2. The predicted molar refractivity (Wildman–Crippen MR) is 130 cm³/mol. The fourth-order valence-corrected chi connectivity index (χ4v) is 4.73. The Morgan fingerprint density at radius 2 is 1.79 bits per heavy atom. The fourth-order valence-electron chi connectivity index (χ4n) is 3.78. The van der Waals surface area contributed by atoms with Gasteiger partial charge in [0.2, 0.25) is 11.9 Å². The molecule has 2 N–H and O–H groups in total. The summed E-state index contributed by atoms with van der Waals surface area (Å²) < 4.78 is 33.2. The first-order valence-corrected chi connectivity index (χ1v) is 12.0. The van der Waals surface area contributed by atoms with Crippen molar-refractivity contribution in [3.05, 3.63) is 90.4 Å². The SMILES string of the molecule is Cc1ccnc(NS(=O)(=O)c2ccc(NC(=O)Cc3coc4ccc5ccccc5c34)cc2)n1. The van der Waals surface area contributed by atoms with Crippen LogP contribution in [0.4, 0.5) is 11.6 Å². The number of carbonyl (C=O) groups excluding carboxylic acids is 1. The first-order valence-electron chi connectivity index (χ1n) is 10.5. The van der Waals surface area contributed by atoms with Crippen molar-refractivity contribution in [2.24, 2.45) is 0 Å². The lowest BCUT2D eigenvalue weighted by Gasteiger charge is -2.09. The minimum Gasteiger partial charge on any atom is -0.464 e. The first-order chi connectivity index (χ1) is 16.4. The molecule has 0 aliphatic heterocycles. The second-order valence-corrected chi connectivity index (χ2v) is 9.48. The van der Waals surface area contributed by atoms with Gasteiger partial charge in [-0.15, -0.1) is 0 Å². The zero-order valence-corrected chi connectivity index (χ0v) is 19.0. The van der Waals surface area contributed by atoms with Crippen LogP contribution in [0.1, 0.15) is 11.3 Å². The van der Waals surface area contributed by atoms with E-state index in [1.54, 1.807) is 19.3 Å². The van der Waals surface area contributed by atoms with E-state index >= 15 is 0 Å². The highest BCUT2D eigenvalue weighted by Gasteiger charge is 2.17. The van der Waals surface area contributed by atoms with Crippen molar-refractivity contribution in [1.29, 1.82) is 0 Å². The van der Waals surface area contributed by atoms with Gasteiger partial charge >= 0.3 is 0 Å². The van der Waals surface area contributed by atoms with Crippen LogP contribution in [-0.4, -0.2) is 24.3 Å². The molecule has 0 radical (unpaired) electrons. The topological polar surface area (TPSA) is 114 Å². The van der Waals surface area contributed by atoms with Crippen molar-refractivity contribution < 1.29 is 17.6 Å². The van der Waals surface area contributed by atoms with E-state index in [1.165, 1.54) is 30.5 Å². The third-order valence-electron chi connectivity index (χ3n) is 5.36. The molecule has 0 fully saturated rings. The van der Waals surface area contributed by atoms with Crippen molar-refractivity contribution >= 4 is 49.3 Å². The highest BCUT2D eigenvalue weighted by Crippen LogP contribution is 2.30. The van der Waals surface area contributed by atoms with Gasteiger partial charge in [0.25, 0.3) is 10.0 Å². The Hall–Kier alpha value is -4.24. The summed E-state index contributed by atoms with van der Waals surface area (Å²) in [5, 5.41) is 5.82. The smallest absolute Gasteiger partial charge is 0.264 e. The van der Waals surface area contributed by atoms with Crippen LogP contribution in [0.15, 0.2) is 88.5 Å². The van der Waals surface area contributed by atoms with Gasteiger partial charge in [-0.3, -0.25) is 4.79 Å². The summed E-state index contributed by atoms with van der Waals surface area (Å²) in [5.74, 6) is -0.241. The van der Waals surface area contributed by atoms with Crippen LogP contribution in [0.25, 0.3) is 21.7 Å². The maximum Gasteiger partial charge on any atom is 0.264 e. The number of carbonyl (C=O) groups is 1. The molecule has 8 nitrogen and oxygen atoms in total. The van der Waals surface area contributed by atoms with E-state index < -0.39 is 10.0 Å². The molecule has 1 amide bonds. The van der Waals surface area contributed by atoms with Crippen LogP contribution in [0, 0.1) is 6.92 Å². The highest BCUT2D eigenvalue weighted by atomic mass is 32.2. The van der Waals surface area contributed by atoms with Crippen molar-refractivity contribution in [2.75, 3.05) is 10.0 Å². The normalized spacial score (nSPS) is 11.6. The van der Waals surface area contributed by atoms with Crippen LogP contribution >= 0.6 is 0 Å². The highest BCUT2D eigenvalue weighted by molar-refractivity contribution is 7.92. The number of nitrogens with one attached hydrogen (secondary N) is 2. The number of fused-ring (bicyclic) bond motifs is 3. The maximum atomic E-state index is 12.7. The number of nitrogens with zero attached hydrogens (tertiary/aromatic N) is 2. The van der Waals surface area contributed by atoms with E-state index in [-0.39, 0.29) is 23.2 Å². The Balaban J connectivity index is 1.31. The second-order valence-electron chi connectivity index (χ2n) is 7.80. The Morgan fingerprint density at radius 3 is 2.59 bits per heavy atom. The van der Waals surface area contributed by atoms with Crippen LogP contribution < -0.4 is 10.0 Å². The third-order valence-corrected chi connectivity index (χ3v) is 6.70. The minimum atomic E-state index is -3.86. The van der Waals surface area contributed by atoms with E-state index in [1.807, 2.05) is 36.4 Å². The van der Waals surface area contributed by atoms with E-state index in [4.69, 9.17) is 4.42 Å². The summed E-state index contributed by atoms with van der Waals surface area (Å²) >= 11 is 0. The molecule has 0 saturated carbocycles. The molecular weight excluding hydrogens is 452 g/mol. The van der Waals surface area contributed by atoms with Gasteiger partial charge in [-0.1, -0.05) is 30.3 Å². The monoisotopic (exact) mass is 472 g/mol. The molecule has 5 aromatic rings. The molecule has 0 saturated heterocycles. The van der Waals surface area contributed by atoms with Gasteiger partial charge in [-0.05, 0) is 54.1 Å². The number of amides is 1. The van der Waals surface area contributed by atoms with E-state index in [9.17, 15) is 13.2 Å². The van der Waals surface area contributed by atoms with Gasteiger partial charge in [0.15, 0.2) is 0 Å². The van der Waals surface area contributed by atoms with E-state index in [0.717, 1.165) is 27.3 Å². The molecule has 170 valence electrons. The minimum absolute atomic E-state index is 0.00255. The van der Waals surface area contributed by atoms with Gasteiger partial charge < -0.3 is 9.73 Å². The van der Waals surface area contributed by atoms with E-state index in [2.05, 4.69) is 20.0 Å². The summed E-state index contributed by atoms with van der Waals surface area (Å²) in [7, 11) is -3.86. The largest absolute Gasteiger partial charge is 0.464 e. The summed E-state index contributed by atoms with van der Waals surface area (Å²) in [5.41, 5.74) is 2.63. The van der Waals surface area contributed by atoms with Gasteiger partial charge in [-0.25, -0.2) is 23.1 Å². The number of benzene rings is 3. The lowest BCUT2D eigenvalue weighted by Crippen LogP contribution is -2.16. The van der Waals surface area contributed by atoms with Gasteiger partial charge in [0, 0.05) is 28.5 Å². The fraction of sp³-hybridized carbons (Fsp3) is 0.0800. The van der Waals surface area contributed by atoms with Crippen LogP contribution in [0.3, 0.4) is 0 Å². The lowest BCUT2D eigenvalue weighted by molar-refractivity contribution is -0.115.